The largest absolute Gasteiger partial charge is 0.458 e. The molecule has 0 bridgehead atoms. The molecule has 0 atom stereocenters. The van der Waals surface area contributed by atoms with Crippen LogP contribution in [0.4, 0.5) is 17.1 Å². The van der Waals surface area contributed by atoms with Crippen LogP contribution in [0.25, 0.3) is 127 Å². The lowest BCUT2D eigenvalue weighted by atomic mass is 9.34. The van der Waals surface area contributed by atoms with E-state index in [0.717, 1.165) is 133 Å². The van der Waals surface area contributed by atoms with Crippen LogP contribution in [0.2, 0.25) is 0 Å². The van der Waals surface area contributed by atoms with E-state index in [-0.39, 0.29) is 6.71 Å². The summed E-state index contributed by atoms with van der Waals surface area (Å²) in [6.45, 7) is -0.155. The summed E-state index contributed by atoms with van der Waals surface area (Å²) < 4.78 is 23.1. The van der Waals surface area contributed by atoms with Gasteiger partial charge in [-0.1, -0.05) is 188 Å². The number of aromatic nitrogens is 1. The van der Waals surface area contributed by atoms with Crippen molar-refractivity contribution in [2.24, 2.45) is 0 Å². The third kappa shape index (κ3) is 7.24. The Morgan fingerprint density at radius 3 is 1.30 bits per heavy atom. The maximum Gasteiger partial charge on any atom is 0.256 e. The molecule has 0 radical (unpaired) electrons. The highest BCUT2D eigenvalue weighted by molar-refractivity contribution is 6.99. The van der Waals surface area contributed by atoms with Gasteiger partial charge in [-0.05, 0) is 163 Å². The molecule has 0 aliphatic carbocycles. The van der Waals surface area contributed by atoms with Crippen molar-refractivity contribution in [2.45, 2.75) is 0 Å². The Kier molecular flexibility index (Phi) is 10.1. The molecule has 390 valence electrons. The molecule has 16 aromatic rings. The van der Waals surface area contributed by atoms with Gasteiger partial charge in [-0.3, -0.25) is 0 Å². The van der Waals surface area contributed by atoms with E-state index in [0.29, 0.717) is 0 Å². The van der Waals surface area contributed by atoms with Gasteiger partial charge in [0.15, 0.2) is 0 Å². The van der Waals surface area contributed by atoms with Crippen molar-refractivity contribution >= 4 is 106 Å². The number of anilines is 3. The van der Waals surface area contributed by atoms with Crippen LogP contribution < -0.4 is 26.0 Å². The lowest BCUT2D eigenvalue weighted by molar-refractivity contribution is 0.487. The van der Waals surface area contributed by atoms with Gasteiger partial charge in [0.05, 0.1) is 16.7 Å². The maximum absolute atomic E-state index is 7.43. The smallest absolute Gasteiger partial charge is 0.256 e. The number of benzene rings is 13. The van der Waals surface area contributed by atoms with Crippen LogP contribution in [0.3, 0.4) is 0 Å². The molecule has 5 nitrogen and oxygen atoms in total. The van der Waals surface area contributed by atoms with E-state index in [4.69, 9.17) is 13.6 Å². The quantitative estimate of drug-likeness (QED) is 0.149. The average Bonchev–Trinajstić information content (AvgIpc) is 3.83. The zero-order valence-electron chi connectivity index (χ0n) is 45.3. The molecule has 84 heavy (non-hydrogen) atoms. The Bertz CT molecular complexity index is 5300. The minimum absolute atomic E-state index is 0.155. The van der Waals surface area contributed by atoms with Crippen LogP contribution >= 0.6 is 0 Å². The first kappa shape index (κ1) is 46.7. The first-order valence-corrected chi connectivity index (χ1v) is 28.7. The molecule has 13 aromatic carbocycles. The van der Waals surface area contributed by atoms with Crippen LogP contribution in [0, 0.1) is 0 Å². The monoisotopic (exact) mass is 1070 g/mol. The number of nitrogens with zero attached hydrogens (tertiary/aromatic N) is 2. The minimum atomic E-state index is -0.155. The van der Waals surface area contributed by atoms with Crippen LogP contribution in [0.15, 0.2) is 294 Å². The highest BCUT2D eigenvalue weighted by Crippen LogP contribution is 2.46. The Labute approximate surface area is 484 Å². The van der Waals surface area contributed by atoms with Crippen molar-refractivity contribution in [1.29, 1.82) is 0 Å². The second-order valence-electron chi connectivity index (χ2n) is 22.3. The lowest BCUT2D eigenvalue weighted by Crippen LogP contribution is -2.59. The molecule has 2 aliphatic rings. The number of rotatable bonds is 7. The van der Waals surface area contributed by atoms with Gasteiger partial charge < -0.3 is 23.0 Å². The van der Waals surface area contributed by atoms with Crippen LogP contribution in [0.5, 0.6) is 11.5 Å². The Balaban J connectivity index is 0.830. The van der Waals surface area contributed by atoms with Crippen molar-refractivity contribution in [2.75, 3.05) is 4.90 Å². The Morgan fingerprint density at radius 1 is 0.262 bits per heavy atom. The SMILES string of the molecule is c1ccc(-c2ccc(N3c4cc(-c5ccc6c(c5)oc5ccc(-c7ccccc7)cc56)ccc4B4c5ccc(-c6ccc7c(c6)oc6ccc(-c8ccccc8)cc67)cc5Oc5cc(-n6c7ccccc7c7ccccc76)cc3c54)cc2)cc1. The number of fused-ring (bicyclic) bond motifs is 13. The van der Waals surface area contributed by atoms with Crippen molar-refractivity contribution in [3.63, 3.8) is 0 Å². The predicted molar refractivity (Wildman–Crippen MR) is 348 cm³/mol. The zero-order valence-corrected chi connectivity index (χ0v) is 45.3. The molecular formula is C78H47BN2O3. The standard InChI is InChI=1S/C78H47BN2O3/c1-4-14-48(15-5-1)51-24-32-58(33-25-51)80-70-42-54(55-26-34-62-64-40-52(49-16-6-2-7-17-49)30-38-72(64)82-74(62)43-55)28-36-66(70)79-67-37-29-57(56-27-35-63-65-41-53(50-18-8-3-9-19-50)31-39-73(65)83-75(63)44-56)45-76(67)84-77-47-59(46-71(80)78(77)79)81-68-22-12-10-20-60(68)61-21-11-13-23-69(61)81/h1-47H. The number of hydrogen-bond donors (Lipinski definition) is 0. The highest BCUT2D eigenvalue weighted by Gasteiger charge is 2.43. The third-order valence-electron chi connectivity index (χ3n) is 17.7. The molecule has 3 aromatic heterocycles. The normalized spacial score (nSPS) is 12.6. The second kappa shape index (κ2) is 18.2. The van der Waals surface area contributed by atoms with E-state index >= 15 is 0 Å². The summed E-state index contributed by atoms with van der Waals surface area (Å²) in [6.07, 6.45) is 0. The van der Waals surface area contributed by atoms with Gasteiger partial charge in [-0.25, -0.2) is 0 Å². The summed E-state index contributed by atoms with van der Waals surface area (Å²) in [4.78, 5) is 2.47. The predicted octanol–water partition coefficient (Wildman–Crippen LogP) is 19.3. The molecule has 2 aliphatic heterocycles. The van der Waals surface area contributed by atoms with Crippen LogP contribution in [-0.2, 0) is 0 Å². The molecule has 0 saturated carbocycles. The van der Waals surface area contributed by atoms with Gasteiger partial charge in [0.25, 0.3) is 6.71 Å². The van der Waals surface area contributed by atoms with E-state index in [2.05, 4.69) is 295 Å². The topological polar surface area (TPSA) is 43.7 Å². The fraction of sp³-hybridized carbons (Fsp3) is 0. The van der Waals surface area contributed by atoms with E-state index in [1.807, 2.05) is 0 Å². The summed E-state index contributed by atoms with van der Waals surface area (Å²) in [5.74, 6) is 1.65. The molecule has 0 fully saturated rings. The van der Waals surface area contributed by atoms with Crippen LogP contribution in [-0.4, -0.2) is 11.3 Å². The molecule has 6 heteroatoms. The Hall–Kier alpha value is -11.1. The summed E-state index contributed by atoms with van der Waals surface area (Å²) >= 11 is 0. The number of furan rings is 2. The molecule has 5 heterocycles. The molecule has 0 saturated heterocycles. The van der Waals surface area contributed by atoms with Gasteiger partial charge in [-0.2, -0.15) is 0 Å². The van der Waals surface area contributed by atoms with Gasteiger partial charge in [0.1, 0.15) is 33.8 Å². The average molecular weight is 1070 g/mol. The van der Waals surface area contributed by atoms with Gasteiger partial charge >= 0.3 is 0 Å². The first-order valence-electron chi connectivity index (χ1n) is 28.7. The van der Waals surface area contributed by atoms with Gasteiger partial charge in [0.2, 0.25) is 0 Å². The minimum Gasteiger partial charge on any atom is -0.458 e. The van der Waals surface area contributed by atoms with Crippen molar-refractivity contribution in [1.82, 2.24) is 4.57 Å². The zero-order chi connectivity index (χ0) is 55.0. The highest BCUT2D eigenvalue weighted by atomic mass is 16.5. The molecule has 0 amide bonds. The molecule has 18 rings (SSSR count). The van der Waals surface area contributed by atoms with Crippen molar-refractivity contribution < 1.29 is 13.6 Å². The van der Waals surface area contributed by atoms with E-state index < -0.39 is 0 Å². The van der Waals surface area contributed by atoms with E-state index in [1.54, 1.807) is 0 Å². The fourth-order valence-electron chi connectivity index (χ4n) is 13.7. The summed E-state index contributed by atoms with van der Waals surface area (Å²) in [5.41, 5.74) is 24.7. The second-order valence-corrected chi connectivity index (χ2v) is 22.3. The molecule has 0 spiro atoms. The van der Waals surface area contributed by atoms with Gasteiger partial charge in [-0.15, -0.1) is 0 Å². The summed E-state index contributed by atoms with van der Waals surface area (Å²) in [7, 11) is 0. The molecular weight excluding hydrogens is 1020 g/mol. The van der Waals surface area contributed by atoms with Crippen molar-refractivity contribution in [3.05, 3.63) is 285 Å². The number of hydrogen-bond acceptors (Lipinski definition) is 4. The Morgan fingerprint density at radius 2 is 0.714 bits per heavy atom. The fourth-order valence-corrected chi connectivity index (χ4v) is 13.7. The third-order valence-corrected chi connectivity index (χ3v) is 17.7. The molecule has 0 unspecified atom stereocenters. The first-order chi connectivity index (χ1) is 41.6. The van der Waals surface area contributed by atoms with Gasteiger partial charge in [0, 0.05) is 55.4 Å². The number of ether oxygens (including phenoxy) is 1. The van der Waals surface area contributed by atoms with E-state index in [9.17, 15) is 0 Å². The van der Waals surface area contributed by atoms with Crippen molar-refractivity contribution in [3.8, 4) is 72.8 Å². The lowest BCUT2D eigenvalue weighted by Gasteiger charge is -2.40. The van der Waals surface area contributed by atoms with Crippen LogP contribution in [0.1, 0.15) is 0 Å². The van der Waals surface area contributed by atoms with E-state index in [1.165, 1.54) is 38.5 Å². The molecule has 0 N–H and O–H groups in total. The summed E-state index contributed by atoms with van der Waals surface area (Å²) in [5, 5.41) is 6.80. The number of para-hydroxylation sites is 2. The maximum atomic E-state index is 7.43. The summed E-state index contributed by atoms with van der Waals surface area (Å²) in [6, 6.07) is 103.